The molecule has 0 spiro atoms. The van der Waals surface area contributed by atoms with Crippen molar-refractivity contribution in [1.29, 1.82) is 0 Å². The van der Waals surface area contributed by atoms with Gasteiger partial charge in [-0.3, -0.25) is 9.36 Å². The summed E-state index contributed by atoms with van der Waals surface area (Å²) in [6.45, 7) is 0. The Morgan fingerprint density at radius 3 is 2.61 bits per heavy atom. The molecule has 1 saturated carbocycles. The number of carbonyl (C=O) groups excluding carboxylic acids is 1. The number of hydrogen-bond acceptors (Lipinski definition) is 6. The Balaban J connectivity index is 1.60. The normalized spacial score (nSPS) is 14.0. The molecule has 3 aromatic rings. The Kier molecular flexibility index (Phi) is 6.83. The third-order valence-corrected chi connectivity index (χ3v) is 6.78. The number of thioether (sulfide) groups is 1. The predicted octanol–water partition coefficient (Wildman–Crippen LogP) is 5.71. The van der Waals surface area contributed by atoms with E-state index in [2.05, 4.69) is 14.8 Å². The van der Waals surface area contributed by atoms with Gasteiger partial charge in [-0.05, 0) is 37.1 Å². The van der Waals surface area contributed by atoms with E-state index in [-0.39, 0.29) is 11.5 Å². The molecule has 1 heterocycles. The monoisotopic (exact) mass is 457 g/mol. The molecule has 0 radical (unpaired) electrons. The van der Waals surface area contributed by atoms with Crippen LogP contribution in [0.25, 0.3) is 11.4 Å². The highest BCUT2D eigenvalue weighted by molar-refractivity contribution is 7.99. The standard InChI is InChI=1S/C23H24ClN3O3S/c1-29-16-11-12-18(21(13-16)30-2)20(28)14-31-23-26-25-22(17-9-5-6-10-19(17)24)27(23)15-7-3-4-8-15/h5-6,9-13,15H,3-4,7-8,14H2,1-2H3. The van der Waals surface area contributed by atoms with Crippen LogP contribution in [0.5, 0.6) is 11.5 Å². The number of nitrogens with zero attached hydrogens (tertiary/aromatic N) is 3. The average Bonchev–Trinajstić information content (AvgIpc) is 3.47. The Morgan fingerprint density at radius 2 is 1.90 bits per heavy atom. The third kappa shape index (κ3) is 4.57. The molecule has 1 aromatic heterocycles. The van der Waals surface area contributed by atoms with Crippen LogP contribution < -0.4 is 9.47 Å². The Morgan fingerprint density at radius 1 is 1.13 bits per heavy atom. The van der Waals surface area contributed by atoms with Crippen molar-refractivity contribution in [2.75, 3.05) is 20.0 Å². The lowest BCUT2D eigenvalue weighted by Crippen LogP contribution is -2.10. The number of halogens is 1. The zero-order chi connectivity index (χ0) is 21.8. The molecule has 2 aromatic carbocycles. The molecule has 31 heavy (non-hydrogen) atoms. The number of ether oxygens (including phenoxy) is 2. The number of carbonyl (C=O) groups is 1. The molecule has 1 fully saturated rings. The summed E-state index contributed by atoms with van der Waals surface area (Å²) in [4.78, 5) is 12.9. The van der Waals surface area contributed by atoms with Crippen LogP contribution in [0.2, 0.25) is 5.02 Å². The number of Topliss-reactive ketones (excluding diaryl/α,β-unsaturated/α-hetero) is 1. The van der Waals surface area contributed by atoms with Crippen LogP contribution >= 0.6 is 23.4 Å². The first kappa shape index (κ1) is 21.7. The second kappa shape index (κ2) is 9.75. The van der Waals surface area contributed by atoms with Gasteiger partial charge in [0.15, 0.2) is 16.8 Å². The number of benzene rings is 2. The fraction of sp³-hybridized carbons (Fsp3) is 0.348. The van der Waals surface area contributed by atoms with E-state index in [1.807, 2.05) is 24.3 Å². The highest BCUT2D eigenvalue weighted by Gasteiger charge is 2.26. The van der Waals surface area contributed by atoms with E-state index in [9.17, 15) is 4.79 Å². The fourth-order valence-corrected chi connectivity index (χ4v) is 5.04. The van der Waals surface area contributed by atoms with Crippen LogP contribution in [0, 0.1) is 0 Å². The minimum absolute atomic E-state index is 0.0373. The van der Waals surface area contributed by atoms with E-state index < -0.39 is 0 Å². The van der Waals surface area contributed by atoms with E-state index in [4.69, 9.17) is 21.1 Å². The molecule has 8 heteroatoms. The summed E-state index contributed by atoms with van der Waals surface area (Å²) in [5.74, 6) is 2.10. The lowest BCUT2D eigenvalue weighted by atomic mass is 10.1. The first-order chi connectivity index (χ1) is 15.1. The van der Waals surface area contributed by atoms with Gasteiger partial charge in [0, 0.05) is 17.7 Å². The summed E-state index contributed by atoms with van der Waals surface area (Å²) in [5.41, 5.74) is 1.38. The van der Waals surface area contributed by atoms with Crippen molar-refractivity contribution in [3.8, 4) is 22.9 Å². The van der Waals surface area contributed by atoms with Gasteiger partial charge in [0.05, 0.1) is 30.6 Å². The van der Waals surface area contributed by atoms with Crippen LogP contribution in [-0.2, 0) is 0 Å². The van der Waals surface area contributed by atoms with Crippen LogP contribution in [0.15, 0.2) is 47.6 Å². The summed E-state index contributed by atoms with van der Waals surface area (Å²) in [7, 11) is 3.13. The van der Waals surface area contributed by atoms with Gasteiger partial charge in [0.2, 0.25) is 0 Å². The van der Waals surface area contributed by atoms with Crippen molar-refractivity contribution < 1.29 is 14.3 Å². The number of hydrogen-bond donors (Lipinski definition) is 0. The second-order valence-corrected chi connectivity index (χ2v) is 8.72. The summed E-state index contributed by atoms with van der Waals surface area (Å²) >= 11 is 7.84. The van der Waals surface area contributed by atoms with Gasteiger partial charge in [0.25, 0.3) is 0 Å². The van der Waals surface area contributed by atoms with E-state index >= 15 is 0 Å². The van der Waals surface area contributed by atoms with Crippen LogP contribution in [0.1, 0.15) is 42.1 Å². The fourth-order valence-electron chi connectivity index (χ4n) is 3.93. The molecular weight excluding hydrogens is 434 g/mol. The SMILES string of the molecule is COc1ccc(C(=O)CSc2nnc(-c3ccccc3Cl)n2C2CCCC2)c(OC)c1. The van der Waals surface area contributed by atoms with Gasteiger partial charge in [-0.1, -0.05) is 48.3 Å². The molecule has 162 valence electrons. The maximum Gasteiger partial charge on any atom is 0.192 e. The molecule has 0 aliphatic heterocycles. The molecule has 1 aliphatic carbocycles. The van der Waals surface area contributed by atoms with Crippen LogP contribution in [0.3, 0.4) is 0 Å². The van der Waals surface area contributed by atoms with Gasteiger partial charge in [-0.2, -0.15) is 0 Å². The van der Waals surface area contributed by atoms with Crippen molar-refractivity contribution in [2.24, 2.45) is 0 Å². The van der Waals surface area contributed by atoms with Crippen molar-refractivity contribution in [3.05, 3.63) is 53.1 Å². The van der Waals surface area contributed by atoms with Gasteiger partial charge < -0.3 is 9.47 Å². The lowest BCUT2D eigenvalue weighted by molar-refractivity contribution is 0.101. The van der Waals surface area contributed by atoms with Gasteiger partial charge in [-0.25, -0.2) is 0 Å². The highest BCUT2D eigenvalue weighted by atomic mass is 35.5. The minimum Gasteiger partial charge on any atom is -0.497 e. The van der Waals surface area contributed by atoms with Crippen LogP contribution in [0.4, 0.5) is 0 Å². The van der Waals surface area contributed by atoms with Crippen molar-refractivity contribution in [3.63, 3.8) is 0 Å². The summed E-state index contributed by atoms with van der Waals surface area (Å²) in [6, 6.07) is 13.2. The topological polar surface area (TPSA) is 66.2 Å². The van der Waals surface area contributed by atoms with E-state index in [0.29, 0.717) is 28.1 Å². The molecule has 0 atom stereocenters. The lowest BCUT2D eigenvalue weighted by Gasteiger charge is -2.17. The van der Waals surface area contributed by atoms with Crippen molar-refractivity contribution in [1.82, 2.24) is 14.8 Å². The van der Waals surface area contributed by atoms with Gasteiger partial charge in [-0.15, -0.1) is 10.2 Å². The first-order valence-corrected chi connectivity index (χ1v) is 11.6. The largest absolute Gasteiger partial charge is 0.497 e. The third-order valence-electron chi connectivity index (χ3n) is 5.51. The average molecular weight is 458 g/mol. The van der Waals surface area contributed by atoms with Crippen molar-refractivity contribution >= 4 is 29.1 Å². The van der Waals surface area contributed by atoms with Crippen molar-refractivity contribution in [2.45, 2.75) is 36.9 Å². The van der Waals surface area contributed by atoms with E-state index in [1.54, 1.807) is 32.4 Å². The molecule has 0 saturated heterocycles. The number of aromatic nitrogens is 3. The Hall–Kier alpha value is -2.51. The van der Waals surface area contributed by atoms with Gasteiger partial charge in [0.1, 0.15) is 11.5 Å². The minimum atomic E-state index is -0.0373. The summed E-state index contributed by atoms with van der Waals surface area (Å²) < 4.78 is 12.8. The second-order valence-electron chi connectivity index (χ2n) is 7.37. The molecule has 1 aliphatic rings. The Labute approximate surface area is 190 Å². The zero-order valence-electron chi connectivity index (χ0n) is 17.5. The summed E-state index contributed by atoms with van der Waals surface area (Å²) in [6.07, 6.45) is 4.50. The number of rotatable bonds is 8. The molecule has 0 bridgehead atoms. The smallest absolute Gasteiger partial charge is 0.192 e. The molecule has 6 nitrogen and oxygen atoms in total. The summed E-state index contributed by atoms with van der Waals surface area (Å²) in [5, 5.41) is 10.3. The van der Waals surface area contributed by atoms with E-state index in [1.165, 1.54) is 24.6 Å². The molecular formula is C23H24ClN3O3S. The zero-order valence-corrected chi connectivity index (χ0v) is 19.1. The molecule has 0 N–H and O–H groups in total. The quantitative estimate of drug-likeness (QED) is 0.319. The predicted molar refractivity (Wildman–Crippen MR) is 123 cm³/mol. The highest BCUT2D eigenvalue weighted by Crippen LogP contribution is 2.38. The van der Waals surface area contributed by atoms with E-state index in [0.717, 1.165) is 29.4 Å². The number of ketones is 1. The Bertz CT molecular complexity index is 1080. The number of methoxy groups -OCH3 is 2. The molecule has 0 amide bonds. The molecule has 4 rings (SSSR count). The van der Waals surface area contributed by atoms with Gasteiger partial charge >= 0.3 is 0 Å². The first-order valence-electron chi connectivity index (χ1n) is 10.2. The van der Waals surface area contributed by atoms with Crippen LogP contribution in [-0.4, -0.2) is 40.5 Å². The molecule has 0 unspecified atom stereocenters. The maximum atomic E-state index is 12.9. The maximum absolute atomic E-state index is 12.9.